The first-order valence-corrected chi connectivity index (χ1v) is 7.54. The van der Waals surface area contributed by atoms with E-state index >= 15 is 0 Å². The smallest absolute Gasteiger partial charge is 0.127 e. The van der Waals surface area contributed by atoms with Gasteiger partial charge in [-0.25, -0.2) is 0 Å². The van der Waals surface area contributed by atoms with Gasteiger partial charge in [0.15, 0.2) is 0 Å². The van der Waals surface area contributed by atoms with Crippen LogP contribution in [-0.2, 0) is 6.54 Å². The van der Waals surface area contributed by atoms with Crippen LogP contribution in [0.4, 0.5) is 0 Å². The monoisotopic (exact) mass is 282 g/mol. The van der Waals surface area contributed by atoms with Crippen molar-refractivity contribution < 1.29 is 4.74 Å². The van der Waals surface area contributed by atoms with E-state index in [0.717, 1.165) is 31.0 Å². The summed E-state index contributed by atoms with van der Waals surface area (Å²) in [6.45, 7) is 4.22. The molecule has 2 N–H and O–H groups in total. The third kappa shape index (κ3) is 3.43. The fourth-order valence-electron chi connectivity index (χ4n) is 2.82. The van der Waals surface area contributed by atoms with Crippen LogP contribution in [0.2, 0.25) is 0 Å². The maximum Gasteiger partial charge on any atom is 0.127 e. The average Bonchev–Trinajstić information content (AvgIpc) is 2.81. The highest BCUT2D eigenvalue weighted by Gasteiger charge is 2.27. The molecule has 21 heavy (non-hydrogen) atoms. The van der Waals surface area contributed by atoms with Crippen molar-refractivity contribution in [3.63, 3.8) is 0 Å². The number of likely N-dealkylation sites (tertiary alicyclic amines) is 1. The normalized spacial score (nSPS) is 22.4. The van der Waals surface area contributed by atoms with Crippen LogP contribution >= 0.6 is 0 Å². The number of para-hydroxylation sites is 1. The Kier molecular flexibility index (Phi) is 4.23. The van der Waals surface area contributed by atoms with Crippen molar-refractivity contribution >= 4 is 0 Å². The van der Waals surface area contributed by atoms with E-state index in [2.05, 4.69) is 24.0 Å². The van der Waals surface area contributed by atoms with E-state index in [1.165, 1.54) is 5.56 Å². The summed E-state index contributed by atoms with van der Waals surface area (Å²) in [5.41, 5.74) is 7.36. The van der Waals surface area contributed by atoms with Gasteiger partial charge in [-0.1, -0.05) is 30.3 Å². The lowest BCUT2D eigenvalue weighted by atomic mass is 10.1. The van der Waals surface area contributed by atoms with Crippen LogP contribution in [0.25, 0.3) is 0 Å². The van der Waals surface area contributed by atoms with Gasteiger partial charge in [-0.05, 0) is 43.2 Å². The van der Waals surface area contributed by atoms with Crippen LogP contribution in [-0.4, -0.2) is 23.5 Å². The minimum Gasteiger partial charge on any atom is -0.457 e. The molecule has 0 bridgehead atoms. The maximum absolute atomic E-state index is 6.09. The Balaban J connectivity index is 1.69. The molecule has 1 aliphatic rings. The molecule has 0 saturated carbocycles. The van der Waals surface area contributed by atoms with Gasteiger partial charge in [0.25, 0.3) is 0 Å². The summed E-state index contributed by atoms with van der Waals surface area (Å²) in [7, 11) is 0. The van der Waals surface area contributed by atoms with E-state index in [9.17, 15) is 0 Å². The molecule has 2 aromatic carbocycles. The lowest BCUT2D eigenvalue weighted by Gasteiger charge is -2.23. The van der Waals surface area contributed by atoms with Crippen molar-refractivity contribution in [3.05, 3.63) is 60.2 Å². The molecule has 110 valence electrons. The SMILES string of the molecule is CC1C(N)CCN1Cc1cccc(Oc2ccccc2)c1. The fourth-order valence-corrected chi connectivity index (χ4v) is 2.82. The minimum absolute atomic E-state index is 0.300. The quantitative estimate of drug-likeness (QED) is 0.934. The Morgan fingerprint density at radius 1 is 1.10 bits per heavy atom. The Labute approximate surface area is 126 Å². The third-order valence-electron chi connectivity index (χ3n) is 4.21. The molecule has 3 nitrogen and oxygen atoms in total. The minimum atomic E-state index is 0.300. The summed E-state index contributed by atoms with van der Waals surface area (Å²) < 4.78 is 5.89. The van der Waals surface area contributed by atoms with E-state index in [-0.39, 0.29) is 0 Å². The second-order valence-corrected chi connectivity index (χ2v) is 5.73. The van der Waals surface area contributed by atoms with E-state index < -0.39 is 0 Å². The topological polar surface area (TPSA) is 38.5 Å². The number of benzene rings is 2. The zero-order chi connectivity index (χ0) is 14.7. The van der Waals surface area contributed by atoms with Crippen molar-refractivity contribution in [2.24, 2.45) is 5.73 Å². The molecule has 2 unspecified atom stereocenters. The van der Waals surface area contributed by atoms with Crippen molar-refractivity contribution in [1.82, 2.24) is 4.90 Å². The van der Waals surface area contributed by atoms with Crippen LogP contribution in [0.3, 0.4) is 0 Å². The van der Waals surface area contributed by atoms with Gasteiger partial charge in [0, 0.05) is 25.2 Å². The molecule has 0 spiro atoms. The Hall–Kier alpha value is -1.84. The summed E-state index contributed by atoms with van der Waals surface area (Å²) >= 11 is 0. The standard InChI is InChI=1S/C18H22N2O/c1-14-18(19)10-11-20(14)13-15-6-5-9-17(12-15)21-16-7-3-2-4-8-16/h2-9,12,14,18H,10-11,13,19H2,1H3. The van der Waals surface area contributed by atoms with Crippen molar-refractivity contribution in [2.75, 3.05) is 6.54 Å². The molecular formula is C18H22N2O. The second-order valence-electron chi connectivity index (χ2n) is 5.73. The molecule has 2 aromatic rings. The van der Waals surface area contributed by atoms with Gasteiger partial charge in [-0.15, -0.1) is 0 Å². The zero-order valence-electron chi connectivity index (χ0n) is 12.4. The summed E-state index contributed by atoms with van der Waals surface area (Å²) in [5.74, 6) is 1.75. The third-order valence-corrected chi connectivity index (χ3v) is 4.21. The molecule has 1 aliphatic heterocycles. The van der Waals surface area contributed by atoms with Crippen molar-refractivity contribution in [1.29, 1.82) is 0 Å². The molecule has 0 amide bonds. The first kappa shape index (κ1) is 14.1. The van der Waals surface area contributed by atoms with E-state index in [1.54, 1.807) is 0 Å². The predicted octanol–water partition coefficient (Wildman–Crippen LogP) is 3.40. The largest absolute Gasteiger partial charge is 0.457 e. The highest BCUT2D eigenvalue weighted by molar-refractivity contribution is 5.33. The maximum atomic E-state index is 6.09. The van der Waals surface area contributed by atoms with Crippen LogP contribution in [0, 0.1) is 0 Å². The number of nitrogens with two attached hydrogens (primary N) is 1. The Morgan fingerprint density at radius 3 is 2.57 bits per heavy atom. The Morgan fingerprint density at radius 2 is 1.86 bits per heavy atom. The Bertz CT molecular complexity index is 585. The highest BCUT2D eigenvalue weighted by atomic mass is 16.5. The van der Waals surface area contributed by atoms with Crippen LogP contribution in [0.5, 0.6) is 11.5 Å². The lowest BCUT2D eigenvalue weighted by Crippen LogP contribution is -2.36. The number of ether oxygens (including phenoxy) is 1. The van der Waals surface area contributed by atoms with Gasteiger partial charge < -0.3 is 10.5 Å². The number of nitrogens with zero attached hydrogens (tertiary/aromatic N) is 1. The molecule has 1 fully saturated rings. The van der Waals surface area contributed by atoms with E-state index in [0.29, 0.717) is 12.1 Å². The van der Waals surface area contributed by atoms with Gasteiger partial charge >= 0.3 is 0 Å². The number of hydrogen-bond acceptors (Lipinski definition) is 3. The van der Waals surface area contributed by atoms with Gasteiger partial charge in [0.2, 0.25) is 0 Å². The van der Waals surface area contributed by atoms with Crippen molar-refractivity contribution in [2.45, 2.75) is 32.0 Å². The first-order valence-electron chi connectivity index (χ1n) is 7.54. The average molecular weight is 282 g/mol. The molecule has 3 heteroatoms. The summed E-state index contributed by atoms with van der Waals surface area (Å²) in [6, 6.07) is 18.9. The van der Waals surface area contributed by atoms with E-state index in [4.69, 9.17) is 10.5 Å². The predicted molar refractivity (Wildman–Crippen MR) is 85.4 cm³/mol. The van der Waals surface area contributed by atoms with Crippen LogP contribution < -0.4 is 10.5 Å². The van der Waals surface area contributed by atoms with E-state index in [1.807, 2.05) is 42.5 Å². The second kappa shape index (κ2) is 6.29. The number of rotatable bonds is 4. The number of hydrogen-bond donors (Lipinski definition) is 1. The molecular weight excluding hydrogens is 260 g/mol. The van der Waals surface area contributed by atoms with Gasteiger partial charge in [0.1, 0.15) is 11.5 Å². The fraction of sp³-hybridized carbons (Fsp3) is 0.333. The van der Waals surface area contributed by atoms with Crippen molar-refractivity contribution in [3.8, 4) is 11.5 Å². The first-order chi connectivity index (χ1) is 10.2. The van der Waals surface area contributed by atoms with Crippen LogP contribution in [0.1, 0.15) is 18.9 Å². The molecule has 0 aromatic heterocycles. The molecule has 0 radical (unpaired) electrons. The summed E-state index contributed by atoms with van der Waals surface area (Å²) in [6.07, 6.45) is 1.08. The van der Waals surface area contributed by atoms with Gasteiger partial charge in [-0.2, -0.15) is 0 Å². The lowest BCUT2D eigenvalue weighted by molar-refractivity contribution is 0.251. The molecule has 3 rings (SSSR count). The summed E-state index contributed by atoms with van der Waals surface area (Å²) in [5, 5.41) is 0. The summed E-state index contributed by atoms with van der Waals surface area (Å²) in [4.78, 5) is 2.44. The zero-order valence-corrected chi connectivity index (χ0v) is 12.4. The van der Waals surface area contributed by atoms with Gasteiger partial charge in [-0.3, -0.25) is 4.90 Å². The van der Waals surface area contributed by atoms with Gasteiger partial charge in [0.05, 0.1) is 0 Å². The molecule has 0 aliphatic carbocycles. The molecule has 1 heterocycles. The molecule has 2 atom stereocenters. The van der Waals surface area contributed by atoms with Crippen LogP contribution in [0.15, 0.2) is 54.6 Å². The molecule has 1 saturated heterocycles. The highest BCUT2D eigenvalue weighted by Crippen LogP contribution is 2.24.